The van der Waals surface area contributed by atoms with Crippen molar-refractivity contribution in [1.82, 2.24) is 0 Å². The number of hydrogen-bond acceptors (Lipinski definition) is 4. The van der Waals surface area contributed by atoms with E-state index in [2.05, 4.69) is 12.2 Å². The summed E-state index contributed by atoms with van der Waals surface area (Å²) in [5.74, 6) is 2.02. The van der Waals surface area contributed by atoms with Crippen molar-refractivity contribution in [2.24, 2.45) is 10.8 Å². The molecule has 2 atom stereocenters. The standard InChI is InChI=1S/C21H28O2S2/c1-14-7-16(10-20(3,12-24-5)18(14)22)9-17-8-15(2)19(23)21(4,11-17)13-25-6/h7-8,10-11H,9,12-13H2,1-6H3. The molecule has 0 bridgehead atoms. The summed E-state index contributed by atoms with van der Waals surface area (Å²) in [5.41, 5.74) is 3.14. The highest BCUT2D eigenvalue weighted by Gasteiger charge is 2.36. The van der Waals surface area contributed by atoms with Crippen LogP contribution >= 0.6 is 23.5 Å². The predicted octanol–water partition coefficient (Wildman–Crippen LogP) is 5.03. The van der Waals surface area contributed by atoms with Gasteiger partial charge in [0.2, 0.25) is 0 Å². The second-order valence-electron chi connectivity index (χ2n) is 7.63. The third-order valence-electron chi connectivity index (χ3n) is 4.86. The van der Waals surface area contributed by atoms with Gasteiger partial charge in [0, 0.05) is 11.5 Å². The smallest absolute Gasteiger partial charge is 0.169 e. The van der Waals surface area contributed by atoms with Gasteiger partial charge in [-0.15, -0.1) is 0 Å². The first-order chi connectivity index (χ1) is 11.6. The number of allylic oxidation sites excluding steroid dienone is 8. The van der Waals surface area contributed by atoms with E-state index in [1.807, 2.05) is 52.4 Å². The Balaban J connectivity index is 2.34. The monoisotopic (exact) mass is 376 g/mol. The molecule has 0 spiro atoms. The summed E-state index contributed by atoms with van der Waals surface area (Å²) in [6.45, 7) is 7.87. The maximum Gasteiger partial charge on any atom is 0.169 e. The maximum absolute atomic E-state index is 12.6. The van der Waals surface area contributed by atoms with E-state index in [-0.39, 0.29) is 11.6 Å². The van der Waals surface area contributed by atoms with Crippen LogP contribution in [0.5, 0.6) is 0 Å². The molecule has 0 aromatic rings. The fraction of sp³-hybridized carbons (Fsp3) is 0.524. The van der Waals surface area contributed by atoms with E-state index in [4.69, 9.17) is 0 Å². The molecule has 2 rings (SSSR count). The topological polar surface area (TPSA) is 34.1 Å². The van der Waals surface area contributed by atoms with E-state index in [0.29, 0.717) is 0 Å². The van der Waals surface area contributed by atoms with Gasteiger partial charge in [-0.25, -0.2) is 0 Å². The van der Waals surface area contributed by atoms with Crippen LogP contribution in [0.4, 0.5) is 0 Å². The van der Waals surface area contributed by atoms with Crippen molar-refractivity contribution in [3.05, 3.63) is 46.6 Å². The van der Waals surface area contributed by atoms with Gasteiger partial charge in [-0.2, -0.15) is 23.5 Å². The molecule has 25 heavy (non-hydrogen) atoms. The minimum Gasteiger partial charge on any atom is -0.294 e. The summed E-state index contributed by atoms with van der Waals surface area (Å²) in [5, 5.41) is 0. The van der Waals surface area contributed by atoms with Gasteiger partial charge in [0.15, 0.2) is 11.6 Å². The number of rotatable bonds is 6. The number of ketones is 2. The Morgan fingerprint density at radius 3 is 1.48 bits per heavy atom. The molecule has 2 nitrogen and oxygen atoms in total. The number of carbonyl (C=O) groups excluding carboxylic acids is 2. The Morgan fingerprint density at radius 1 is 0.800 bits per heavy atom. The number of Topliss-reactive ketones (excluding diaryl/α,β-unsaturated/α-hetero) is 2. The first-order valence-corrected chi connectivity index (χ1v) is 11.3. The molecule has 0 aromatic heterocycles. The lowest BCUT2D eigenvalue weighted by Gasteiger charge is -2.31. The van der Waals surface area contributed by atoms with Crippen molar-refractivity contribution in [3.8, 4) is 0 Å². The van der Waals surface area contributed by atoms with Gasteiger partial charge < -0.3 is 0 Å². The molecular weight excluding hydrogens is 348 g/mol. The molecule has 0 aliphatic heterocycles. The van der Waals surface area contributed by atoms with E-state index >= 15 is 0 Å². The summed E-state index contributed by atoms with van der Waals surface area (Å²) >= 11 is 3.40. The fourth-order valence-corrected chi connectivity index (χ4v) is 5.50. The Hall–Kier alpha value is -1.00. The molecule has 0 aromatic carbocycles. The molecule has 4 heteroatoms. The quantitative estimate of drug-likeness (QED) is 0.651. The van der Waals surface area contributed by atoms with Crippen molar-refractivity contribution >= 4 is 35.1 Å². The van der Waals surface area contributed by atoms with Crippen LogP contribution in [0.3, 0.4) is 0 Å². The Bertz CT molecular complexity index is 651. The van der Waals surface area contributed by atoms with Crippen molar-refractivity contribution in [2.45, 2.75) is 34.1 Å². The van der Waals surface area contributed by atoms with Crippen molar-refractivity contribution < 1.29 is 9.59 Å². The zero-order valence-corrected chi connectivity index (χ0v) is 17.7. The van der Waals surface area contributed by atoms with Crippen LogP contribution in [0.15, 0.2) is 46.6 Å². The summed E-state index contributed by atoms with van der Waals surface area (Å²) in [6.07, 6.45) is 13.1. The average Bonchev–Trinajstić information content (AvgIpc) is 2.51. The predicted molar refractivity (Wildman–Crippen MR) is 111 cm³/mol. The lowest BCUT2D eigenvalue weighted by atomic mass is 9.75. The van der Waals surface area contributed by atoms with Crippen molar-refractivity contribution in [1.29, 1.82) is 0 Å². The Labute approximate surface area is 160 Å². The summed E-state index contributed by atoms with van der Waals surface area (Å²) in [4.78, 5) is 25.1. The first kappa shape index (κ1) is 20.3. The molecule has 0 amide bonds. The summed E-state index contributed by atoms with van der Waals surface area (Å²) in [7, 11) is 0. The summed E-state index contributed by atoms with van der Waals surface area (Å²) < 4.78 is 0. The van der Waals surface area contributed by atoms with Crippen LogP contribution in [-0.4, -0.2) is 35.6 Å². The Morgan fingerprint density at radius 2 is 1.16 bits per heavy atom. The first-order valence-electron chi connectivity index (χ1n) is 8.53. The van der Waals surface area contributed by atoms with Crippen molar-refractivity contribution in [2.75, 3.05) is 24.0 Å². The van der Waals surface area contributed by atoms with Crippen LogP contribution in [0.1, 0.15) is 34.1 Å². The second kappa shape index (κ2) is 7.71. The molecule has 2 unspecified atom stereocenters. The highest BCUT2D eigenvalue weighted by Crippen LogP contribution is 2.38. The number of thioether (sulfide) groups is 2. The van der Waals surface area contributed by atoms with Crippen molar-refractivity contribution in [3.63, 3.8) is 0 Å². The van der Waals surface area contributed by atoms with Crippen LogP contribution in [0.25, 0.3) is 0 Å². The third kappa shape index (κ3) is 4.22. The number of carbonyl (C=O) groups is 2. The molecule has 2 aliphatic carbocycles. The fourth-order valence-electron chi connectivity index (χ4n) is 3.87. The molecule has 0 heterocycles. The number of hydrogen-bond donors (Lipinski definition) is 0. The highest BCUT2D eigenvalue weighted by molar-refractivity contribution is 7.98. The highest BCUT2D eigenvalue weighted by atomic mass is 32.2. The largest absolute Gasteiger partial charge is 0.294 e. The molecular formula is C21H28O2S2. The van der Waals surface area contributed by atoms with E-state index in [1.54, 1.807) is 23.5 Å². The Kier molecular flexibility index (Phi) is 6.26. The van der Waals surface area contributed by atoms with Gasteiger partial charge in [-0.3, -0.25) is 9.59 Å². The zero-order valence-electron chi connectivity index (χ0n) is 16.1. The lowest BCUT2D eigenvalue weighted by molar-refractivity contribution is -0.121. The van der Waals surface area contributed by atoms with Gasteiger partial charge in [0.25, 0.3) is 0 Å². The molecule has 136 valence electrons. The third-order valence-corrected chi connectivity index (χ3v) is 6.64. The summed E-state index contributed by atoms with van der Waals surface area (Å²) in [6, 6.07) is 0. The zero-order chi connectivity index (χ0) is 18.8. The maximum atomic E-state index is 12.6. The minimum atomic E-state index is -0.431. The molecule has 0 saturated carbocycles. The van der Waals surface area contributed by atoms with Crippen LogP contribution < -0.4 is 0 Å². The van der Waals surface area contributed by atoms with Crippen LogP contribution in [-0.2, 0) is 9.59 Å². The second-order valence-corrected chi connectivity index (χ2v) is 9.36. The van der Waals surface area contributed by atoms with Gasteiger partial charge in [0.05, 0.1) is 10.8 Å². The van der Waals surface area contributed by atoms with Gasteiger partial charge in [-0.05, 0) is 68.9 Å². The van der Waals surface area contributed by atoms with E-state index in [1.165, 1.54) is 11.1 Å². The van der Waals surface area contributed by atoms with Gasteiger partial charge in [0.1, 0.15) is 0 Å². The molecule has 0 saturated heterocycles. The average molecular weight is 377 g/mol. The van der Waals surface area contributed by atoms with Crippen LogP contribution in [0.2, 0.25) is 0 Å². The molecule has 2 aliphatic rings. The lowest BCUT2D eigenvalue weighted by Crippen LogP contribution is -2.33. The normalized spacial score (nSPS) is 29.8. The molecule has 0 N–H and O–H groups in total. The van der Waals surface area contributed by atoms with Gasteiger partial charge >= 0.3 is 0 Å². The molecule has 0 fully saturated rings. The van der Waals surface area contributed by atoms with Crippen LogP contribution in [0, 0.1) is 10.8 Å². The van der Waals surface area contributed by atoms with E-state index in [0.717, 1.165) is 29.1 Å². The minimum absolute atomic E-state index is 0.220. The SMILES string of the molecule is CSCC1(C)C=C(CC2=CC(C)(CSC)C(=O)C(C)=C2)C=C(C)C1=O. The van der Waals surface area contributed by atoms with E-state index in [9.17, 15) is 9.59 Å². The van der Waals surface area contributed by atoms with Gasteiger partial charge in [-0.1, -0.05) is 24.3 Å². The van der Waals surface area contributed by atoms with E-state index < -0.39 is 10.8 Å². The molecule has 0 radical (unpaired) electrons.